The molecule has 2 aromatic rings. The van der Waals surface area contributed by atoms with Gasteiger partial charge in [0.05, 0.1) is 13.7 Å². The summed E-state index contributed by atoms with van der Waals surface area (Å²) >= 11 is 0. The van der Waals surface area contributed by atoms with E-state index in [9.17, 15) is 9.59 Å². The molecule has 1 saturated heterocycles. The van der Waals surface area contributed by atoms with Crippen LogP contribution in [0.15, 0.2) is 28.8 Å². The van der Waals surface area contributed by atoms with E-state index in [1.54, 1.807) is 24.1 Å². The number of nitrogens with one attached hydrogen (secondary N) is 1. The van der Waals surface area contributed by atoms with Crippen molar-refractivity contribution in [1.29, 1.82) is 0 Å². The van der Waals surface area contributed by atoms with E-state index < -0.39 is 0 Å². The van der Waals surface area contributed by atoms with Crippen LogP contribution in [0.3, 0.4) is 0 Å². The second kappa shape index (κ2) is 8.63. The maximum absolute atomic E-state index is 12.1. The summed E-state index contributed by atoms with van der Waals surface area (Å²) in [5.41, 5.74) is 0.761. The Labute approximate surface area is 157 Å². The molecule has 1 aromatic heterocycles. The Morgan fingerprint density at radius 3 is 2.56 bits per heavy atom. The van der Waals surface area contributed by atoms with Gasteiger partial charge in [0.25, 0.3) is 0 Å². The number of aromatic nitrogens is 2. The summed E-state index contributed by atoms with van der Waals surface area (Å²) in [5.74, 6) is 0.912. The molecule has 1 aromatic carbocycles. The average Bonchev–Trinajstić information content (AvgIpc) is 3.15. The fraction of sp³-hybridized carbons (Fsp3) is 0.444. The normalized spacial score (nSPS) is 14.8. The molecule has 1 N–H and O–H groups in total. The highest BCUT2D eigenvalue weighted by Gasteiger charge is 2.20. The van der Waals surface area contributed by atoms with Gasteiger partial charge in [0.2, 0.25) is 23.5 Å². The van der Waals surface area contributed by atoms with Crippen LogP contribution in [-0.2, 0) is 16.0 Å². The highest BCUT2D eigenvalue weighted by Crippen LogP contribution is 2.19. The number of nitrogens with zero attached hydrogens (tertiary/aromatic N) is 4. The number of carbonyl (C=O) groups excluding carboxylic acids is 2. The van der Waals surface area contributed by atoms with E-state index in [1.165, 1.54) is 0 Å². The number of methoxy groups -OCH3 is 1. The van der Waals surface area contributed by atoms with Crippen molar-refractivity contribution < 1.29 is 18.8 Å². The number of hydrogen-bond donors (Lipinski definition) is 1. The Balaban J connectivity index is 1.48. The second-order valence-corrected chi connectivity index (χ2v) is 6.38. The fourth-order valence-electron chi connectivity index (χ4n) is 2.73. The number of carbonyl (C=O) groups is 2. The van der Waals surface area contributed by atoms with Gasteiger partial charge in [-0.05, 0) is 31.3 Å². The van der Waals surface area contributed by atoms with Crippen LogP contribution in [-0.4, -0.2) is 78.6 Å². The van der Waals surface area contributed by atoms with Gasteiger partial charge >= 0.3 is 0 Å². The van der Waals surface area contributed by atoms with E-state index in [-0.39, 0.29) is 30.7 Å². The lowest BCUT2D eigenvalue weighted by atomic mass is 10.2. The number of ether oxygens (including phenoxy) is 1. The standard InChI is InChI=1S/C18H23N5O4/c1-22-7-9-23(10-8-22)17(25)12-19-15(24)11-16-20-18(21-27-16)13-3-5-14(26-2)6-4-13/h3-6H,7-12H2,1-2H3,(H,19,24). The highest BCUT2D eigenvalue weighted by atomic mass is 16.5. The average molecular weight is 373 g/mol. The van der Waals surface area contributed by atoms with Gasteiger partial charge in [-0.3, -0.25) is 9.59 Å². The van der Waals surface area contributed by atoms with Crippen molar-refractivity contribution in [3.63, 3.8) is 0 Å². The molecule has 2 heterocycles. The topological polar surface area (TPSA) is 101 Å². The summed E-state index contributed by atoms with van der Waals surface area (Å²) in [4.78, 5) is 32.3. The summed E-state index contributed by atoms with van der Waals surface area (Å²) in [6.07, 6.45) is -0.0703. The molecule has 144 valence electrons. The molecule has 27 heavy (non-hydrogen) atoms. The van der Waals surface area contributed by atoms with Crippen molar-refractivity contribution in [2.75, 3.05) is 46.9 Å². The SMILES string of the molecule is COc1ccc(-c2noc(CC(=O)NCC(=O)N3CCN(C)CC3)n2)cc1. The Morgan fingerprint density at radius 1 is 1.19 bits per heavy atom. The quantitative estimate of drug-likeness (QED) is 0.771. The zero-order chi connectivity index (χ0) is 19.2. The molecule has 0 bridgehead atoms. The number of benzene rings is 1. The van der Waals surface area contributed by atoms with Gasteiger partial charge in [-0.15, -0.1) is 0 Å². The molecule has 0 radical (unpaired) electrons. The lowest BCUT2D eigenvalue weighted by Crippen LogP contribution is -2.50. The van der Waals surface area contributed by atoms with Crippen LogP contribution >= 0.6 is 0 Å². The van der Waals surface area contributed by atoms with Crippen LogP contribution in [0, 0.1) is 0 Å². The molecule has 3 rings (SSSR count). The van der Waals surface area contributed by atoms with Crippen LogP contribution in [0.4, 0.5) is 0 Å². The smallest absolute Gasteiger partial charge is 0.242 e. The molecule has 1 fully saturated rings. The Kier molecular flexibility index (Phi) is 6.02. The van der Waals surface area contributed by atoms with Crippen molar-refractivity contribution >= 4 is 11.8 Å². The van der Waals surface area contributed by atoms with E-state index in [4.69, 9.17) is 9.26 Å². The monoisotopic (exact) mass is 373 g/mol. The first-order valence-electron chi connectivity index (χ1n) is 8.75. The number of likely N-dealkylation sites (N-methyl/N-ethyl adjacent to an activating group) is 1. The van der Waals surface area contributed by atoms with Gasteiger partial charge in [0.1, 0.15) is 12.2 Å². The molecular formula is C18H23N5O4. The molecular weight excluding hydrogens is 350 g/mol. The summed E-state index contributed by atoms with van der Waals surface area (Å²) in [6.45, 7) is 3.02. The number of amides is 2. The highest BCUT2D eigenvalue weighted by molar-refractivity contribution is 5.85. The predicted molar refractivity (Wildman–Crippen MR) is 97.1 cm³/mol. The first-order valence-corrected chi connectivity index (χ1v) is 8.75. The van der Waals surface area contributed by atoms with E-state index in [0.717, 1.165) is 24.4 Å². The lowest BCUT2D eigenvalue weighted by Gasteiger charge is -2.32. The van der Waals surface area contributed by atoms with Gasteiger partial charge in [0.15, 0.2) is 0 Å². The summed E-state index contributed by atoms with van der Waals surface area (Å²) in [6, 6.07) is 7.20. The maximum atomic E-state index is 12.1. The molecule has 9 heteroatoms. The molecule has 1 aliphatic rings. The fourth-order valence-corrected chi connectivity index (χ4v) is 2.73. The second-order valence-electron chi connectivity index (χ2n) is 6.38. The lowest BCUT2D eigenvalue weighted by molar-refractivity contribution is -0.134. The van der Waals surface area contributed by atoms with Crippen molar-refractivity contribution in [2.45, 2.75) is 6.42 Å². The zero-order valence-electron chi connectivity index (χ0n) is 15.5. The van der Waals surface area contributed by atoms with Gasteiger partial charge in [-0.25, -0.2) is 0 Å². The Hall–Kier alpha value is -2.94. The van der Waals surface area contributed by atoms with Crippen LogP contribution in [0.25, 0.3) is 11.4 Å². The molecule has 0 unspecified atom stereocenters. The van der Waals surface area contributed by atoms with Crippen LogP contribution in [0.1, 0.15) is 5.89 Å². The van der Waals surface area contributed by atoms with Gasteiger partial charge in [0, 0.05) is 31.7 Å². The third-order valence-corrected chi connectivity index (χ3v) is 4.42. The number of hydrogen-bond acceptors (Lipinski definition) is 7. The summed E-state index contributed by atoms with van der Waals surface area (Å²) in [7, 11) is 3.61. The first-order chi connectivity index (χ1) is 13.0. The molecule has 9 nitrogen and oxygen atoms in total. The largest absolute Gasteiger partial charge is 0.497 e. The molecule has 0 atom stereocenters. The molecule has 0 saturated carbocycles. The molecule has 0 aliphatic carbocycles. The predicted octanol–water partition coefficient (Wildman–Crippen LogP) is 0.178. The van der Waals surface area contributed by atoms with E-state index in [1.807, 2.05) is 19.2 Å². The maximum Gasteiger partial charge on any atom is 0.242 e. The van der Waals surface area contributed by atoms with Crippen molar-refractivity contribution in [3.05, 3.63) is 30.2 Å². The molecule has 2 amide bonds. The van der Waals surface area contributed by atoms with Crippen LogP contribution < -0.4 is 10.1 Å². The first kappa shape index (κ1) is 18.8. The minimum Gasteiger partial charge on any atom is -0.497 e. The summed E-state index contributed by atoms with van der Waals surface area (Å²) in [5, 5.41) is 6.50. The number of piperazine rings is 1. The van der Waals surface area contributed by atoms with E-state index >= 15 is 0 Å². The van der Waals surface area contributed by atoms with Crippen molar-refractivity contribution in [2.24, 2.45) is 0 Å². The third kappa shape index (κ3) is 5.04. The third-order valence-electron chi connectivity index (χ3n) is 4.42. The van der Waals surface area contributed by atoms with Crippen LogP contribution in [0.5, 0.6) is 5.75 Å². The minimum absolute atomic E-state index is 0.0258. The van der Waals surface area contributed by atoms with E-state index in [2.05, 4.69) is 20.4 Å². The Bertz CT molecular complexity index is 781. The van der Waals surface area contributed by atoms with Gasteiger partial charge in [-0.2, -0.15) is 4.98 Å². The van der Waals surface area contributed by atoms with Crippen molar-refractivity contribution in [1.82, 2.24) is 25.3 Å². The Morgan fingerprint density at radius 2 is 1.89 bits per heavy atom. The van der Waals surface area contributed by atoms with Crippen molar-refractivity contribution in [3.8, 4) is 17.1 Å². The number of rotatable bonds is 6. The van der Waals surface area contributed by atoms with Crippen LogP contribution in [0.2, 0.25) is 0 Å². The minimum atomic E-state index is -0.331. The van der Waals surface area contributed by atoms with Gasteiger partial charge in [-0.1, -0.05) is 5.16 Å². The van der Waals surface area contributed by atoms with E-state index in [0.29, 0.717) is 18.9 Å². The van der Waals surface area contributed by atoms with Gasteiger partial charge < -0.3 is 24.4 Å². The zero-order valence-corrected chi connectivity index (χ0v) is 15.5. The molecule has 0 spiro atoms. The summed E-state index contributed by atoms with van der Waals surface area (Å²) < 4.78 is 10.2. The molecule has 1 aliphatic heterocycles.